The van der Waals surface area contributed by atoms with E-state index in [9.17, 15) is 28.2 Å². The summed E-state index contributed by atoms with van der Waals surface area (Å²) < 4.78 is 45.7. The van der Waals surface area contributed by atoms with Crippen LogP contribution in [0, 0.1) is 0 Å². The molecule has 0 radical (unpaired) electrons. The molecule has 0 saturated carbocycles. The Balaban J connectivity index is 1.82. The first-order chi connectivity index (χ1) is 12.8. The van der Waals surface area contributed by atoms with Crippen molar-refractivity contribution in [3.8, 4) is 11.5 Å². The normalized spacial score (nSPS) is 21.7. The van der Waals surface area contributed by atoms with Crippen molar-refractivity contribution in [2.24, 2.45) is 0 Å². The van der Waals surface area contributed by atoms with Crippen molar-refractivity contribution >= 4 is 11.4 Å². The number of ether oxygens (including phenoxy) is 1. The molecule has 0 spiro atoms. The van der Waals surface area contributed by atoms with Crippen LogP contribution in [0.4, 0.5) is 13.2 Å². The van der Waals surface area contributed by atoms with Gasteiger partial charge in [-0.2, -0.15) is 13.2 Å². The van der Waals surface area contributed by atoms with Crippen LogP contribution in [0.1, 0.15) is 34.6 Å². The molecule has 2 aromatic carbocycles. The number of ketones is 1. The second-order valence-electron chi connectivity index (χ2n) is 6.63. The van der Waals surface area contributed by atoms with Crippen LogP contribution < -0.4 is 0 Å². The quantitative estimate of drug-likeness (QED) is 0.734. The number of phenols is 2. The molecule has 2 N–H and O–H groups in total. The monoisotopic (exact) mass is 376 g/mol. The molecule has 1 aliphatic heterocycles. The number of rotatable bonds is 1. The third-order valence-corrected chi connectivity index (χ3v) is 5.11. The predicted molar refractivity (Wildman–Crippen MR) is 90.1 cm³/mol. The maximum atomic E-state index is 13.4. The largest absolute Gasteiger partial charge is 0.504 e. The van der Waals surface area contributed by atoms with E-state index < -0.39 is 29.5 Å². The molecule has 2 aromatic rings. The number of hydrogen-bond donors (Lipinski definition) is 2. The summed E-state index contributed by atoms with van der Waals surface area (Å²) >= 11 is 0. The minimum absolute atomic E-state index is 0.149. The van der Waals surface area contributed by atoms with Crippen molar-refractivity contribution in [3.05, 3.63) is 64.9 Å². The van der Waals surface area contributed by atoms with E-state index in [0.29, 0.717) is 24.0 Å². The van der Waals surface area contributed by atoms with Crippen molar-refractivity contribution < 1.29 is 32.9 Å². The molecular formula is C20H15F3O4. The summed E-state index contributed by atoms with van der Waals surface area (Å²) in [6, 6.07) is 7.65. The van der Waals surface area contributed by atoms with Crippen LogP contribution in [-0.2, 0) is 22.1 Å². The summed E-state index contributed by atoms with van der Waals surface area (Å²) in [5.41, 5.74) is -0.385. The Hall–Kier alpha value is -2.96. The zero-order chi connectivity index (χ0) is 19.3. The number of hydrogen-bond acceptors (Lipinski definition) is 4. The lowest BCUT2D eigenvalue weighted by Crippen LogP contribution is -2.36. The van der Waals surface area contributed by atoms with Gasteiger partial charge in [0.15, 0.2) is 17.3 Å². The number of carbonyl (C=O) groups excluding carboxylic acids is 1. The van der Waals surface area contributed by atoms with E-state index >= 15 is 0 Å². The van der Waals surface area contributed by atoms with Crippen LogP contribution in [0.2, 0.25) is 0 Å². The summed E-state index contributed by atoms with van der Waals surface area (Å²) in [5, 5.41) is 19.8. The summed E-state index contributed by atoms with van der Waals surface area (Å²) in [4.78, 5) is 13.1. The standard InChI is InChI=1S/C20H15F3O4/c21-20(22,23)14-4-2-1-3-10(14)13-9-27-16-8-6-12-11(17(16)19(13)26)5-7-15(24)18(12)25/h1-5,7,9,16-17,24-25H,6,8H2. The van der Waals surface area contributed by atoms with Gasteiger partial charge in [-0.25, -0.2) is 0 Å². The van der Waals surface area contributed by atoms with Crippen LogP contribution in [0.25, 0.3) is 5.57 Å². The second-order valence-corrected chi connectivity index (χ2v) is 6.63. The topological polar surface area (TPSA) is 66.8 Å². The first-order valence-corrected chi connectivity index (χ1v) is 8.39. The summed E-state index contributed by atoms with van der Waals surface area (Å²) in [7, 11) is 0. The average Bonchev–Trinajstić information content (AvgIpc) is 2.64. The first kappa shape index (κ1) is 17.5. The molecular weight excluding hydrogens is 361 g/mol. The fourth-order valence-corrected chi connectivity index (χ4v) is 3.85. The molecule has 27 heavy (non-hydrogen) atoms. The van der Waals surface area contributed by atoms with Gasteiger partial charge in [-0.05, 0) is 30.5 Å². The van der Waals surface area contributed by atoms with Crippen LogP contribution in [0.5, 0.6) is 11.5 Å². The third-order valence-electron chi connectivity index (χ3n) is 5.11. The Bertz CT molecular complexity index is 962. The Labute approximate surface area is 152 Å². The Kier molecular flexibility index (Phi) is 3.91. The first-order valence-electron chi connectivity index (χ1n) is 8.39. The molecule has 0 amide bonds. The minimum atomic E-state index is -4.61. The number of allylic oxidation sites excluding steroid dienone is 1. The number of benzene rings is 2. The number of alkyl halides is 3. The molecule has 0 fully saturated rings. The van der Waals surface area contributed by atoms with Gasteiger partial charge in [0.1, 0.15) is 6.10 Å². The van der Waals surface area contributed by atoms with Crippen molar-refractivity contribution in [1.29, 1.82) is 0 Å². The zero-order valence-corrected chi connectivity index (χ0v) is 14.0. The molecule has 140 valence electrons. The highest BCUT2D eigenvalue weighted by molar-refractivity contribution is 6.24. The molecule has 1 aliphatic carbocycles. The lowest BCUT2D eigenvalue weighted by molar-refractivity contribution is -0.137. The van der Waals surface area contributed by atoms with Gasteiger partial charge >= 0.3 is 6.18 Å². The molecule has 7 heteroatoms. The van der Waals surface area contributed by atoms with Gasteiger partial charge in [0.25, 0.3) is 0 Å². The maximum Gasteiger partial charge on any atom is 0.417 e. The molecule has 4 nitrogen and oxygen atoms in total. The summed E-state index contributed by atoms with van der Waals surface area (Å²) in [6.45, 7) is 0. The number of fused-ring (bicyclic) bond motifs is 3. The summed E-state index contributed by atoms with van der Waals surface area (Å²) in [6.07, 6.45) is -3.21. The molecule has 0 aromatic heterocycles. The van der Waals surface area contributed by atoms with Crippen molar-refractivity contribution in [3.63, 3.8) is 0 Å². The van der Waals surface area contributed by atoms with E-state index in [1.54, 1.807) is 0 Å². The van der Waals surface area contributed by atoms with E-state index in [4.69, 9.17) is 4.74 Å². The van der Waals surface area contributed by atoms with E-state index in [1.807, 2.05) is 0 Å². The highest BCUT2D eigenvalue weighted by Gasteiger charge is 2.43. The average molecular weight is 376 g/mol. The smallest absolute Gasteiger partial charge is 0.417 e. The van der Waals surface area contributed by atoms with E-state index in [-0.39, 0.29) is 22.6 Å². The number of aromatic hydroxyl groups is 2. The number of carbonyl (C=O) groups is 1. The molecule has 0 saturated heterocycles. The predicted octanol–water partition coefficient (Wildman–Crippen LogP) is 4.16. The zero-order valence-electron chi connectivity index (χ0n) is 14.0. The van der Waals surface area contributed by atoms with Crippen LogP contribution in [0.15, 0.2) is 42.7 Å². The molecule has 0 bridgehead atoms. The summed E-state index contributed by atoms with van der Waals surface area (Å²) in [5.74, 6) is -1.92. The lowest BCUT2D eigenvalue weighted by atomic mass is 9.74. The lowest BCUT2D eigenvalue weighted by Gasteiger charge is -2.36. The van der Waals surface area contributed by atoms with Gasteiger partial charge in [0, 0.05) is 11.1 Å². The SMILES string of the molecule is O=C1C(c2ccccc2C(F)(F)F)=COC2CCc3c(ccc(O)c3O)C12. The molecule has 2 aliphatic rings. The van der Waals surface area contributed by atoms with Gasteiger partial charge in [0.05, 0.1) is 23.3 Å². The van der Waals surface area contributed by atoms with Gasteiger partial charge in [0.2, 0.25) is 0 Å². The fraction of sp³-hybridized carbons (Fsp3) is 0.250. The molecule has 1 heterocycles. The molecule has 2 unspecified atom stereocenters. The third kappa shape index (κ3) is 2.74. The molecule has 4 rings (SSSR count). The van der Waals surface area contributed by atoms with Gasteiger partial charge < -0.3 is 14.9 Å². The Morgan fingerprint density at radius 2 is 1.81 bits per heavy atom. The van der Waals surface area contributed by atoms with Crippen LogP contribution in [-0.4, -0.2) is 22.1 Å². The Morgan fingerprint density at radius 3 is 2.56 bits per heavy atom. The van der Waals surface area contributed by atoms with E-state index in [2.05, 4.69) is 0 Å². The minimum Gasteiger partial charge on any atom is -0.504 e. The highest BCUT2D eigenvalue weighted by Crippen LogP contribution is 2.46. The van der Waals surface area contributed by atoms with Crippen LogP contribution >= 0.6 is 0 Å². The highest BCUT2D eigenvalue weighted by atomic mass is 19.4. The fourth-order valence-electron chi connectivity index (χ4n) is 3.85. The van der Waals surface area contributed by atoms with Crippen molar-refractivity contribution in [2.75, 3.05) is 0 Å². The second kappa shape index (κ2) is 6.04. The number of halogens is 3. The Morgan fingerprint density at radius 1 is 1.07 bits per heavy atom. The maximum absolute atomic E-state index is 13.4. The van der Waals surface area contributed by atoms with E-state index in [0.717, 1.165) is 12.3 Å². The van der Waals surface area contributed by atoms with Gasteiger partial charge in [-0.15, -0.1) is 0 Å². The van der Waals surface area contributed by atoms with Gasteiger partial charge in [-0.3, -0.25) is 4.79 Å². The van der Waals surface area contributed by atoms with Crippen LogP contribution in [0.3, 0.4) is 0 Å². The number of phenolic OH excluding ortho intramolecular Hbond substituents is 2. The van der Waals surface area contributed by atoms with Gasteiger partial charge in [-0.1, -0.05) is 24.3 Å². The van der Waals surface area contributed by atoms with E-state index in [1.165, 1.54) is 30.3 Å². The van der Waals surface area contributed by atoms with Crippen molar-refractivity contribution in [2.45, 2.75) is 31.0 Å². The molecule has 2 atom stereocenters. The van der Waals surface area contributed by atoms with Crippen molar-refractivity contribution in [1.82, 2.24) is 0 Å². The number of Topliss-reactive ketones (excluding diaryl/α,β-unsaturated/α-hetero) is 1.